The predicted octanol–water partition coefficient (Wildman–Crippen LogP) is 0.209. The first-order chi connectivity index (χ1) is 7.29. The summed E-state index contributed by atoms with van der Waals surface area (Å²) >= 11 is 0. The molecule has 0 aliphatic carbocycles. The topological polar surface area (TPSA) is 58.8 Å². The maximum atomic E-state index is 11.3. The summed E-state index contributed by atoms with van der Waals surface area (Å²) in [5.74, 6) is 0. The fourth-order valence-electron chi connectivity index (χ4n) is 2.43. The molecule has 2 saturated heterocycles. The van der Waals surface area contributed by atoms with E-state index in [1.165, 1.54) is 6.42 Å². The summed E-state index contributed by atoms with van der Waals surface area (Å²) in [7, 11) is 0. The summed E-state index contributed by atoms with van der Waals surface area (Å²) in [4.78, 5) is 15.4. The van der Waals surface area contributed by atoms with Crippen LogP contribution < -0.4 is 5.73 Å². The molecule has 15 heavy (non-hydrogen) atoms. The minimum Gasteiger partial charge on any atom is -0.379 e. The molecule has 0 unspecified atom stereocenters. The summed E-state index contributed by atoms with van der Waals surface area (Å²) in [6.07, 6.45) is 3.51. The lowest BCUT2D eigenvalue weighted by molar-refractivity contribution is -0.0316. The van der Waals surface area contributed by atoms with Gasteiger partial charge in [0.15, 0.2) is 0 Å². The van der Waals surface area contributed by atoms with Crippen molar-refractivity contribution in [2.24, 2.45) is 5.73 Å². The molecule has 5 nitrogen and oxygen atoms in total. The van der Waals surface area contributed by atoms with Gasteiger partial charge in [-0.2, -0.15) is 0 Å². The number of amides is 2. The second-order valence-electron chi connectivity index (χ2n) is 4.16. The van der Waals surface area contributed by atoms with Crippen LogP contribution in [-0.2, 0) is 4.74 Å². The molecule has 2 N–H and O–H groups in total. The molecule has 0 aromatic carbocycles. The van der Waals surface area contributed by atoms with Gasteiger partial charge in [0.1, 0.15) is 0 Å². The van der Waals surface area contributed by atoms with Crippen molar-refractivity contribution in [1.29, 1.82) is 0 Å². The second kappa shape index (κ2) is 4.81. The van der Waals surface area contributed by atoms with Crippen LogP contribution in [0.4, 0.5) is 4.79 Å². The van der Waals surface area contributed by atoms with Crippen molar-refractivity contribution in [3.05, 3.63) is 0 Å². The number of ether oxygens (including phenoxy) is 1. The van der Waals surface area contributed by atoms with E-state index < -0.39 is 0 Å². The zero-order chi connectivity index (χ0) is 10.7. The van der Waals surface area contributed by atoms with Crippen molar-refractivity contribution in [2.45, 2.75) is 25.4 Å². The molecule has 1 atom stereocenters. The third-order valence-corrected chi connectivity index (χ3v) is 3.22. The third-order valence-electron chi connectivity index (χ3n) is 3.22. The van der Waals surface area contributed by atoms with Crippen LogP contribution in [0.5, 0.6) is 0 Å². The Morgan fingerprint density at radius 1 is 1.20 bits per heavy atom. The van der Waals surface area contributed by atoms with Crippen molar-refractivity contribution in [3.63, 3.8) is 0 Å². The van der Waals surface area contributed by atoms with E-state index in [4.69, 9.17) is 10.5 Å². The van der Waals surface area contributed by atoms with Gasteiger partial charge in [-0.15, -0.1) is 0 Å². The van der Waals surface area contributed by atoms with E-state index >= 15 is 0 Å². The van der Waals surface area contributed by atoms with Crippen LogP contribution >= 0.6 is 0 Å². The standard InChI is InChI=1S/C10H19N3O2/c11-10(14)13-4-2-1-3-9(13)12-5-7-15-8-6-12/h9H,1-8H2,(H2,11,14)/t9-/m1/s1. The van der Waals surface area contributed by atoms with Crippen LogP contribution in [0.15, 0.2) is 0 Å². The zero-order valence-electron chi connectivity index (χ0n) is 9.02. The maximum Gasteiger partial charge on any atom is 0.316 e. The minimum atomic E-state index is -0.286. The van der Waals surface area contributed by atoms with E-state index in [9.17, 15) is 4.79 Å². The van der Waals surface area contributed by atoms with Gasteiger partial charge in [0, 0.05) is 19.6 Å². The van der Waals surface area contributed by atoms with E-state index in [-0.39, 0.29) is 12.2 Å². The Kier molecular flexibility index (Phi) is 3.43. The van der Waals surface area contributed by atoms with Gasteiger partial charge in [0.2, 0.25) is 0 Å². The monoisotopic (exact) mass is 213 g/mol. The lowest BCUT2D eigenvalue weighted by atomic mass is 10.1. The van der Waals surface area contributed by atoms with Gasteiger partial charge in [-0.3, -0.25) is 4.90 Å². The molecule has 0 aromatic heterocycles. The minimum absolute atomic E-state index is 0.208. The van der Waals surface area contributed by atoms with Gasteiger partial charge < -0.3 is 15.4 Å². The summed E-state index contributed by atoms with van der Waals surface area (Å²) in [5.41, 5.74) is 5.39. The summed E-state index contributed by atoms with van der Waals surface area (Å²) in [6.45, 7) is 4.16. The van der Waals surface area contributed by atoms with Crippen LogP contribution in [0, 0.1) is 0 Å². The van der Waals surface area contributed by atoms with Crippen LogP contribution in [0.25, 0.3) is 0 Å². The summed E-state index contributed by atoms with van der Waals surface area (Å²) in [6, 6.07) is -0.286. The SMILES string of the molecule is NC(=O)N1CCCC[C@@H]1N1CCOCC1. The van der Waals surface area contributed by atoms with Crippen molar-refractivity contribution in [2.75, 3.05) is 32.8 Å². The molecular weight excluding hydrogens is 194 g/mol. The fourth-order valence-corrected chi connectivity index (χ4v) is 2.43. The summed E-state index contributed by atoms with van der Waals surface area (Å²) in [5, 5.41) is 0. The number of urea groups is 1. The van der Waals surface area contributed by atoms with E-state index in [1.54, 1.807) is 4.90 Å². The number of hydrogen-bond acceptors (Lipinski definition) is 3. The Morgan fingerprint density at radius 2 is 1.93 bits per heavy atom. The van der Waals surface area contributed by atoms with Crippen molar-refractivity contribution >= 4 is 6.03 Å². The molecule has 0 aromatic rings. The van der Waals surface area contributed by atoms with E-state index in [0.29, 0.717) is 0 Å². The van der Waals surface area contributed by atoms with Gasteiger partial charge in [0.25, 0.3) is 0 Å². The lowest BCUT2D eigenvalue weighted by Crippen LogP contribution is -2.57. The average Bonchev–Trinajstić information content (AvgIpc) is 2.30. The number of carbonyl (C=O) groups excluding carboxylic acids is 1. The Hall–Kier alpha value is -0.810. The highest BCUT2D eigenvalue weighted by Gasteiger charge is 2.30. The largest absolute Gasteiger partial charge is 0.379 e. The molecule has 0 spiro atoms. The number of morpholine rings is 1. The van der Waals surface area contributed by atoms with Crippen LogP contribution in [0.2, 0.25) is 0 Å². The Balaban J connectivity index is 1.99. The Labute approximate surface area is 90.1 Å². The summed E-state index contributed by atoms with van der Waals surface area (Å²) < 4.78 is 5.31. The molecule has 0 bridgehead atoms. The smallest absolute Gasteiger partial charge is 0.316 e. The van der Waals surface area contributed by atoms with Gasteiger partial charge in [-0.1, -0.05) is 0 Å². The number of carbonyl (C=O) groups is 1. The van der Waals surface area contributed by atoms with E-state index in [1.807, 2.05) is 0 Å². The number of nitrogens with two attached hydrogens (primary N) is 1. The lowest BCUT2D eigenvalue weighted by Gasteiger charge is -2.43. The molecular formula is C10H19N3O2. The van der Waals surface area contributed by atoms with Gasteiger partial charge >= 0.3 is 6.03 Å². The molecule has 2 aliphatic rings. The van der Waals surface area contributed by atoms with Gasteiger partial charge in [0.05, 0.1) is 19.4 Å². The average molecular weight is 213 g/mol. The molecule has 2 fully saturated rings. The number of likely N-dealkylation sites (tertiary alicyclic amines) is 1. The molecule has 0 saturated carbocycles. The number of rotatable bonds is 1. The van der Waals surface area contributed by atoms with Gasteiger partial charge in [-0.25, -0.2) is 4.79 Å². The van der Waals surface area contributed by atoms with Crippen molar-refractivity contribution in [3.8, 4) is 0 Å². The van der Waals surface area contributed by atoms with Crippen LogP contribution in [-0.4, -0.2) is 54.8 Å². The normalized spacial score (nSPS) is 29.1. The molecule has 86 valence electrons. The number of primary amides is 1. The highest BCUT2D eigenvalue weighted by molar-refractivity contribution is 5.72. The molecule has 2 aliphatic heterocycles. The van der Waals surface area contributed by atoms with Crippen LogP contribution in [0.3, 0.4) is 0 Å². The van der Waals surface area contributed by atoms with E-state index in [0.717, 1.165) is 45.7 Å². The number of hydrogen-bond donors (Lipinski definition) is 1. The first-order valence-electron chi connectivity index (χ1n) is 5.67. The van der Waals surface area contributed by atoms with Gasteiger partial charge in [-0.05, 0) is 19.3 Å². The van der Waals surface area contributed by atoms with Crippen LogP contribution in [0.1, 0.15) is 19.3 Å². The molecule has 2 rings (SSSR count). The highest BCUT2D eigenvalue weighted by Crippen LogP contribution is 2.20. The highest BCUT2D eigenvalue weighted by atomic mass is 16.5. The quantitative estimate of drug-likeness (QED) is 0.677. The Bertz CT molecular complexity index is 229. The zero-order valence-corrected chi connectivity index (χ0v) is 9.02. The molecule has 2 amide bonds. The molecule has 5 heteroatoms. The first-order valence-corrected chi connectivity index (χ1v) is 5.67. The number of nitrogens with zero attached hydrogens (tertiary/aromatic N) is 2. The number of piperidine rings is 1. The third kappa shape index (κ3) is 2.41. The fraction of sp³-hybridized carbons (Fsp3) is 0.900. The van der Waals surface area contributed by atoms with E-state index in [2.05, 4.69) is 4.90 Å². The Morgan fingerprint density at radius 3 is 2.60 bits per heavy atom. The maximum absolute atomic E-state index is 11.3. The first kappa shape index (κ1) is 10.7. The predicted molar refractivity (Wildman–Crippen MR) is 56.3 cm³/mol. The van der Waals surface area contributed by atoms with Crippen molar-refractivity contribution < 1.29 is 9.53 Å². The second-order valence-corrected chi connectivity index (χ2v) is 4.16. The molecule has 0 radical (unpaired) electrons. The molecule has 2 heterocycles. The van der Waals surface area contributed by atoms with Crippen molar-refractivity contribution in [1.82, 2.24) is 9.80 Å².